The third-order valence-corrected chi connectivity index (χ3v) is 5.19. The Hall–Kier alpha value is -2.54. The fourth-order valence-corrected chi connectivity index (χ4v) is 3.54. The van der Waals surface area contributed by atoms with E-state index in [-0.39, 0.29) is 24.2 Å². The molecule has 5 nitrogen and oxygen atoms in total. The molecule has 2 aromatic rings. The first-order valence-corrected chi connectivity index (χ1v) is 8.81. The first kappa shape index (κ1) is 17.3. The van der Waals surface area contributed by atoms with E-state index in [0.29, 0.717) is 18.7 Å². The zero-order valence-corrected chi connectivity index (χ0v) is 14.6. The van der Waals surface area contributed by atoms with E-state index in [2.05, 4.69) is 10.5 Å². The molecule has 0 bridgehead atoms. The molecular weight excluding hydrogens is 341 g/mol. The van der Waals surface area contributed by atoms with Crippen LogP contribution < -0.4 is 5.43 Å². The smallest absolute Gasteiger partial charge is 0.259 e. The Kier molecular flexibility index (Phi) is 5.23. The molecule has 2 heterocycles. The molecule has 1 fully saturated rings. The average molecular weight is 359 g/mol. The van der Waals surface area contributed by atoms with E-state index in [4.69, 9.17) is 0 Å². The molecule has 130 valence electrons. The van der Waals surface area contributed by atoms with Gasteiger partial charge in [-0.2, -0.15) is 5.10 Å². The van der Waals surface area contributed by atoms with Crippen LogP contribution in [0, 0.1) is 5.82 Å². The third kappa shape index (κ3) is 4.30. The van der Waals surface area contributed by atoms with Gasteiger partial charge in [0.25, 0.3) is 5.91 Å². The van der Waals surface area contributed by atoms with Crippen LogP contribution in [0.4, 0.5) is 4.39 Å². The number of likely N-dealkylation sites (tertiary alicyclic amines) is 1. The van der Waals surface area contributed by atoms with E-state index in [0.717, 1.165) is 21.7 Å². The van der Waals surface area contributed by atoms with Crippen molar-refractivity contribution in [1.29, 1.82) is 0 Å². The molecule has 1 saturated heterocycles. The Morgan fingerprint density at radius 1 is 1.28 bits per heavy atom. The molecule has 0 spiro atoms. The molecule has 25 heavy (non-hydrogen) atoms. The number of benzene rings is 1. The molecule has 0 radical (unpaired) electrons. The summed E-state index contributed by atoms with van der Waals surface area (Å²) < 4.78 is 13.0. The summed E-state index contributed by atoms with van der Waals surface area (Å²) in [6.07, 6.45) is 1.31. The van der Waals surface area contributed by atoms with Gasteiger partial charge in [-0.1, -0.05) is 12.1 Å². The van der Waals surface area contributed by atoms with Gasteiger partial charge >= 0.3 is 0 Å². The lowest BCUT2D eigenvalue weighted by Gasteiger charge is -2.13. The Morgan fingerprint density at radius 2 is 2.04 bits per heavy atom. The van der Waals surface area contributed by atoms with E-state index in [1.165, 1.54) is 28.4 Å². The molecule has 0 aliphatic carbocycles. The molecule has 1 aliphatic heterocycles. The van der Waals surface area contributed by atoms with Gasteiger partial charge in [0.15, 0.2) is 0 Å². The van der Waals surface area contributed by atoms with Gasteiger partial charge in [0, 0.05) is 17.8 Å². The fraction of sp³-hybridized carbons (Fsp3) is 0.278. The number of hydrazone groups is 1. The van der Waals surface area contributed by atoms with Crippen LogP contribution in [-0.2, 0) is 9.59 Å². The summed E-state index contributed by atoms with van der Waals surface area (Å²) in [5.41, 5.74) is 4.11. The lowest BCUT2D eigenvalue weighted by molar-refractivity contribution is -0.133. The second kappa shape index (κ2) is 7.57. The number of amides is 2. The highest BCUT2D eigenvalue weighted by Crippen LogP contribution is 2.28. The quantitative estimate of drug-likeness (QED) is 0.659. The number of rotatable bonds is 5. The predicted octanol–water partition coefficient (Wildman–Crippen LogP) is 3.02. The normalized spacial score (nSPS) is 14.9. The Morgan fingerprint density at radius 3 is 2.72 bits per heavy atom. The molecule has 0 saturated carbocycles. The number of hydrogen-bond acceptors (Lipinski definition) is 4. The van der Waals surface area contributed by atoms with Gasteiger partial charge in [-0.25, -0.2) is 9.82 Å². The lowest BCUT2D eigenvalue weighted by atomic mass is 10.2. The average Bonchev–Trinajstić information content (AvgIpc) is 3.23. The molecule has 1 N–H and O–H groups in total. The number of halogens is 1. The summed E-state index contributed by atoms with van der Waals surface area (Å²) in [6, 6.07) is 10.2. The van der Waals surface area contributed by atoms with Crippen molar-refractivity contribution in [3.63, 3.8) is 0 Å². The third-order valence-electron chi connectivity index (χ3n) is 3.95. The summed E-state index contributed by atoms with van der Waals surface area (Å²) in [5.74, 6) is -0.555. The van der Waals surface area contributed by atoms with Crippen LogP contribution in [-0.4, -0.2) is 35.5 Å². The summed E-state index contributed by atoms with van der Waals surface area (Å²) in [6.45, 7) is 2.48. The molecule has 1 aromatic heterocycles. The van der Waals surface area contributed by atoms with Crippen LogP contribution in [0.1, 0.15) is 24.6 Å². The number of hydrogen-bond donors (Lipinski definition) is 1. The molecular formula is C18H18FN3O2S. The van der Waals surface area contributed by atoms with E-state index >= 15 is 0 Å². The fourth-order valence-electron chi connectivity index (χ4n) is 2.58. The minimum atomic E-state index is -0.301. The van der Waals surface area contributed by atoms with Crippen molar-refractivity contribution >= 4 is 28.9 Å². The Balaban J connectivity index is 1.61. The van der Waals surface area contributed by atoms with Gasteiger partial charge in [-0.05, 0) is 43.2 Å². The SMILES string of the molecule is C/C(=N\NC(=O)CN1CCCC1=O)c1ccc(-c2ccc(F)cc2)s1. The predicted molar refractivity (Wildman–Crippen MR) is 95.9 cm³/mol. The Bertz CT molecular complexity index is 814. The summed E-state index contributed by atoms with van der Waals surface area (Å²) in [5, 5.41) is 4.11. The highest BCUT2D eigenvalue weighted by molar-refractivity contribution is 7.17. The zero-order chi connectivity index (χ0) is 17.8. The highest BCUT2D eigenvalue weighted by atomic mass is 32.1. The van der Waals surface area contributed by atoms with Crippen molar-refractivity contribution in [3.05, 3.63) is 47.1 Å². The van der Waals surface area contributed by atoms with Crippen molar-refractivity contribution in [2.75, 3.05) is 13.1 Å². The number of nitrogens with one attached hydrogen (secondary N) is 1. The Labute approximate surface area is 149 Å². The minimum absolute atomic E-state index is 0.0121. The number of carbonyl (C=O) groups excluding carboxylic acids is 2. The van der Waals surface area contributed by atoms with Crippen LogP contribution in [0.25, 0.3) is 10.4 Å². The topological polar surface area (TPSA) is 61.8 Å². The zero-order valence-electron chi connectivity index (χ0n) is 13.8. The standard InChI is InChI=1S/C18H18FN3O2S/c1-12(20-21-17(23)11-22-10-2-3-18(22)24)15-8-9-16(25-15)13-4-6-14(19)7-5-13/h4-9H,2-3,10-11H2,1H3,(H,21,23)/b20-12+. The summed E-state index contributed by atoms with van der Waals surface area (Å²) >= 11 is 1.52. The maximum Gasteiger partial charge on any atom is 0.259 e. The van der Waals surface area contributed by atoms with Gasteiger partial charge in [-0.15, -0.1) is 11.3 Å². The first-order valence-electron chi connectivity index (χ1n) is 8.00. The van der Waals surface area contributed by atoms with Gasteiger partial charge < -0.3 is 4.90 Å². The molecule has 7 heteroatoms. The van der Waals surface area contributed by atoms with Gasteiger partial charge in [-0.3, -0.25) is 9.59 Å². The number of carbonyl (C=O) groups is 2. The molecule has 3 rings (SSSR count). The first-order chi connectivity index (χ1) is 12.0. The van der Waals surface area contributed by atoms with Crippen molar-refractivity contribution in [2.45, 2.75) is 19.8 Å². The van der Waals surface area contributed by atoms with Gasteiger partial charge in [0.2, 0.25) is 5.91 Å². The summed E-state index contributed by atoms with van der Waals surface area (Å²) in [7, 11) is 0. The molecule has 1 aliphatic rings. The van der Waals surface area contributed by atoms with Crippen LogP contribution in [0.5, 0.6) is 0 Å². The largest absolute Gasteiger partial charge is 0.333 e. The molecule has 1 aromatic carbocycles. The van der Waals surface area contributed by atoms with Crippen molar-refractivity contribution < 1.29 is 14.0 Å². The second-order valence-electron chi connectivity index (χ2n) is 5.82. The number of nitrogens with zero attached hydrogens (tertiary/aromatic N) is 2. The highest BCUT2D eigenvalue weighted by Gasteiger charge is 2.22. The second-order valence-corrected chi connectivity index (χ2v) is 6.91. The van der Waals surface area contributed by atoms with Crippen molar-refractivity contribution in [2.24, 2.45) is 5.10 Å². The minimum Gasteiger partial charge on any atom is -0.333 e. The van der Waals surface area contributed by atoms with Gasteiger partial charge in [0.05, 0.1) is 10.6 Å². The lowest BCUT2D eigenvalue weighted by Crippen LogP contribution is -2.36. The van der Waals surface area contributed by atoms with Crippen LogP contribution in [0.3, 0.4) is 0 Å². The molecule has 0 atom stereocenters. The maximum atomic E-state index is 13.0. The van der Waals surface area contributed by atoms with E-state index in [1.54, 1.807) is 12.1 Å². The van der Waals surface area contributed by atoms with Crippen LogP contribution in [0.2, 0.25) is 0 Å². The summed E-state index contributed by atoms with van der Waals surface area (Å²) in [4.78, 5) is 26.9. The van der Waals surface area contributed by atoms with Crippen molar-refractivity contribution in [3.8, 4) is 10.4 Å². The van der Waals surface area contributed by atoms with Gasteiger partial charge in [0.1, 0.15) is 12.4 Å². The monoisotopic (exact) mass is 359 g/mol. The van der Waals surface area contributed by atoms with E-state index in [1.807, 2.05) is 19.1 Å². The molecule has 2 amide bonds. The van der Waals surface area contributed by atoms with E-state index in [9.17, 15) is 14.0 Å². The van der Waals surface area contributed by atoms with Crippen LogP contribution in [0.15, 0.2) is 41.5 Å². The molecule has 0 unspecified atom stereocenters. The number of thiophene rings is 1. The van der Waals surface area contributed by atoms with Crippen LogP contribution >= 0.6 is 11.3 Å². The van der Waals surface area contributed by atoms with Crippen molar-refractivity contribution in [1.82, 2.24) is 10.3 Å². The van der Waals surface area contributed by atoms with E-state index < -0.39 is 0 Å². The maximum absolute atomic E-state index is 13.0.